The summed E-state index contributed by atoms with van der Waals surface area (Å²) < 4.78 is 0. The van der Waals surface area contributed by atoms with Crippen LogP contribution >= 0.6 is 11.8 Å². The molecule has 98 valence electrons. The van der Waals surface area contributed by atoms with Gasteiger partial charge >= 0.3 is 0 Å². The van der Waals surface area contributed by atoms with Gasteiger partial charge in [-0.3, -0.25) is 10.1 Å². The highest BCUT2D eigenvalue weighted by atomic mass is 32.2. The van der Waals surface area contributed by atoms with Crippen LogP contribution in [0.15, 0.2) is 24.3 Å². The van der Waals surface area contributed by atoms with Crippen molar-refractivity contribution in [2.45, 2.75) is 19.4 Å². The van der Waals surface area contributed by atoms with Gasteiger partial charge in [0.25, 0.3) is 5.69 Å². The van der Waals surface area contributed by atoms with E-state index < -0.39 is 0 Å². The van der Waals surface area contributed by atoms with Crippen LogP contribution in [0.3, 0.4) is 0 Å². The quantitative estimate of drug-likeness (QED) is 0.657. The van der Waals surface area contributed by atoms with Gasteiger partial charge < -0.3 is 5.32 Å². The largest absolute Gasteiger partial charge is 0.312 e. The molecular formula is C13H18N2O2S. The minimum atomic E-state index is -0.345. The highest BCUT2D eigenvalue weighted by Gasteiger charge is 2.13. The summed E-state index contributed by atoms with van der Waals surface area (Å²) in [6.07, 6.45) is 2.57. The fourth-order valence-corrected chi connectivity index (χ4v) is 3.36. The Hall–Kier alpha value is -1.07. The summed E-state index contributed by atoms with van der Waals surface area (Å²) in [6.45, 7) is 1.73. The van der Waals surface area contributed by atoms with Gasteiger partial charge in [0, 0.05) is 18.7 Å². The zero-order valence-corrected chi connectivity index (χ0v) is 11.1. The lowest BCUT2D eigenvalue weighted by Gasteiger charge is -2.21. The first-order valence-electron chi connectivity index (χ1n) is 6.27. The van der Waals surface area contributed by atoms with E-state index in [4.69, 9.17) is 0 Å². The molecule has 1 heterocycles. The van der Waals surface area contributed by atoms with Crippen molar-refractivity contribution in [2.75, 3.05) is 18.1 Å². The molecule has 1 fully saturated rings. The van der Waals surface area contributed by atoms with Crippen LogP contribution in [0.5, 0.6) is 0 Å². The van der Waals surface area contributed by atoms with Crippen molar-refractivity contribution in [1.29, 1.82) is 0 Å². The van der Waals surface area contributed by atoms with E-state index in [0.717, 1.165) is 18.0 Å². The van der Waals surface area contributed by atoms with Crippen molar-refractivity contribution in [1.82, 2.24) is 5.32 Å². The number of thioether (sulfide) groups is 1. The summed E-state index contributed by atoms with van der Waals surface area (Å²) in [4.78, 5) is 10.3. The predicted octanol–water partition coefficient (Wildman–Crippen LogP) is 2.83. The summed E-state index contributed by atoms with van der Waals surface area (Å²) in [6, 6.07) is 6.84. The Morgan fingerprint density at radius 1 is 1.39 bits per heavy atom. The van der Waals surface area contributed by atoms with E-state index in [1.54, 1.807) is 12.1 Å². The van der Waals surface area contributed by atoms with E-state index in [2.05, 4.69) is 5.32 Å². The average molecular weight is 266 g/mol. The maximum absolute atomic E-state index is 10.7. The van der Waals surface area contributed by atoms with E-state index in [0.29, 0.717) is 6.54 Å². The summed E-state index contributed by atoms with van der Waals surface area (Å²) in [5.41, 5.74) is 1.15. The third kappa shape index (κ3) is 3.99. The van der Waals surface area contributed by atoms with Gasteiger partial charge in [0.15, 0.2) is 0 Å². The summed E-state index contributed by atoms with van der Waals surface area (Å²) in [7, 11) is 0. The Labute approximate surface area is 111 Å². The second-order valence-corrected chi connectivity index (χ2v) is 5.84. The zero-order valence-electron chi connectivity index (χ0n) is 10.3. The number of benzene rings is 1. The van der Waals surface area contributed by atoms with Crippen LogP contribution in [0.2, 0.25) is 0 Å². The van der Waals surface area contributed by atoms with Crippen LogP contribution in [-0.4, -0.2) is 23.0 Å². The first kappa shape index (κ1) is 13.4. The summed E-state index contributed by atoms with van der Waals surface area (Å²) >= 11 is 2.03. The van der Waals surface area contributed by atoms with Gasteiger partial charge in [-0.2, -0.15) is 11.8 Å². The van der Waals surface area contributed by atoms with E-state index in [-0.39, 0.29) is 10.6 Å². The zero-order chi connectivity index (χ0) is 12.8. The summed E-state index contributed by atoms with van der Waals surface area (Å²) in [5, 5.41) is 14.1. The second kappa shape index (κ2) is 6.75. The van der Waals surface area contributed by atoms with E-state index >= 15 is 0 Å². The van der Waals surface area contributed by atoms with E-state index in [1.807, 2.05) is 17.8 Å². The number of hydrogen-bond donors (Lipinski definition) is 1. The molecule has 0 amide bonds. The molecule has 18 heavy (non-hydrogen) atoms. The van der Waals surface area contributed by atoms with E-state index in [1.165, 1.54) is 30.4 Å². The maximum Gasteiger partial charge on any atom is 0.269 e. The van der Waals surface area contributed by atoms with Crippen molar-refractivity contribution in [3.8, 4) is 0 Å². The lowest BCUT2D eigenvalue weighted by molar-refractivity contribution is -0.384. The molecule has 1 aliphatic heterocycles. The van der Waals surface area contributed by atoms with Gasteiger partial charge in [-0.1, -0.05) is 12.1 Å². The first-order chi connectivity index (χ1) is 8.75. The molecule has 0 radical (unpaired) electrons. The fraction of sp³-hybridized carbons (Fsp3) is 0.538. The van der Waals surface area contributed by atoms with Gasteiger partial charge in [-0.25, -0.2) is 0 Å². The number of nitro benzene ring substituents is 1. The molecule has 5 heteroatoms. The van der Waals surface area contributed by atoms with E-state index in [9.17, 15) is 10.1 Å². The topological polar surface area (TPSA) is 55.2 Å². The lowest BCUT2D eigenvalue weighted by atomic mass is 10.0. The molecule has 0 aliphatic carbocycles. The number of non-ortho nitro benzene ring substituents is 1. The smallest absolute Gasteiger partial charge is 0.269 e. The number of nitro groups is 1. The normalized spacial score (nSPS) is 16.7. The highest BCUT2D eigenvalue weighted by Crippen LogP contribution is 2.22. The molecule has 4 nitrogen and oxygen atoms in total. The molecule has 0 aromatic heterocycles. The van der Waals surface area contributed by atoms with Crippen LogP contribution in [-0.2, 0) is 6.54 Å². The molecular weight excluding hydrogens is 248 g/mol. The Bertz CT molecular complexity index is 406. The summed E-state index contributed by atoms with van der Waals surface area (Å²) in [5.74, 6) is 3.30. The molecule has 1 N–H and O–H groups in total. The number of nitrogens with zero attached hydrogens (tertiary/aromatic N) is 1. The van der Waals surface area contributed by atoms with Gasteiger partial charge in [0.2, 0.25) is 0 Å². The van der Waals surface area contributed by atoms with Crippen molar-refractivity contribution >= 4 is 17.4 Å². The fourth-order valence-electron chi connectivity index (χ4n) is 2.15. The molecule has 0 spiro atoms. The average Bonchev–Trinajstić information content (AvgIpc) is 2.40. The first-order valence-corrected chi connectivity index (χ1v) is 7.43. The van der Waals surface area contributed by atoms with Crippen LogP contribution in [0.1, 0.15) is 18.4 Å². The number of rotatable bonds is 5. The Morgan fingerprint density at radius 2 is 2.17 bits per heavy atom. The minimum Gasteiger partial charge on any atom is -0.312 e. The third-order valence-corrected chi connectivity index (χ3v) is 4.27. The lowest BCUT2D eigenvalue weighted by Crippen LogP contribution is -2.25. The molecule has 1 saturated heterocycles. The Balaban J connectivity index is 1.78. The van der Waals surface area contributed by atoms with Crippen molar-refractivity contribution in [2.24, 2.45) is 5.92 Å². The predicted molar refractivity (Wildman–Crippen MR) is 74.9 cm³/mol. The van der Waals surface area contributed by atoms with Gasteiger partial charge in [0.1, 0.15) is 0 Å². The van der Waals surface area contributed by atoms with Gasteiger partial charge in [-0.15, -0.1) is 0 Å². The SMILES string of the molecule is O=[N+]([O-])c1cccc(CNCC2CCSCC2)c1. The Morgan fingerprint density at radius 3 is 2.89 bits per heavy atom. The molecule has 0 atom stereocenters. The highest BCUT2D eigenvalue weighted by molar-refractivity contribution is 7.99. The molecule has 1 aromatic carbocycles. The van der Waals surface area contributed by atoms with Crippen LogP contribution in [0, 0.1) is 16.0 Å². The molecule has 0 unspecified atom stereocenters. The maximum atomic E-state index is 10.7. The second-order valence-electron chi connectivity index (χ2n) is 4.61. The molecule has 2 rings (SSSR count). The van der Waals surface area contributed by atoms with Crippen LogP contribution in [0.25, 0.3) is 0 Å². The van der Waals surface area contributed by atoms with Crippen LogP contribution < -0.4 is 5.32 Å². The van der Waals surface area contributed by atoms with Crippen molar-refractivity contribution < 1.29 is 4.92 Å². The molecule has 0 saturated carbocycles. The Kier molecular flexibility index (Phi) is 5.01. The minimum absolute atomic E-state index is 0.170. The van der Waals surface area contributed by atoms with Crippen LogP contribution in [0.4, 0.5) is 5.69 Å². The molecule has 0 bridgehead atoms. The van der Waals surface area contributed by atoms with Gasteiger partial charge in [-0.05, 0) is 42.4 Å². The third-order valence-electron chi connectivity index (χ3n) is 3.22. The van der Waals surface area contributed by atoms with Gasteiger partial charge in [0.05, 0.1) is 4.92 Å². The monoisotopic (exact) mass is 266 g/mol. The molecule has 1 aliphatic rings. The molecule has 1 aromatic rings. The standard InChI is InChI=1S/C13H18N2O2S/c16-15(17)13-3-1-2-12(8-13)10-14-9-11-4-6-18-7-5-11/h1-3,8,11,14H,4-7,9-10H2. The number of nitrogens with one attached hydrogen (secondary N) is 1. The van der Waals surface area contributed by atoms with Crippen molar-refractivity contribution in [3.05, 3.63) is 39.9 Å². The number of hydrogen-bond acceptors (Lipinski definition) is 4. The van der Waals surface area contributed by atoms with Crippen molar-refractivity contribution in [3.63, 3.8) is 0 Å².